The molecule has 0 unspecified atom stereocenters. The van der Waals surface area contributed by atoms with Crippen LogP contribution in [0.4, 0.5) is 8.78 Å². The summed E-state index contributed by atoms with van der Waals surface area (Å²) in [7, 11) is 3.67. The molecule has 1 saturated carbocycles. The summed E-state index contributed by atoms with van der Waals surface area (Å²) in [4.78, 5) is 11.4. The summed E-state index contributed by atoms with van der Waals surface area (Å²) < 4.78 is 35.1. The Morgan fingerprint density at radius 3 is 2.43 bits per heavy atom. The summed E-state index contributed by atoms with van der Waals surface area (Å²) in [5, 5.41) is 3.86. The molecule has 0 aliphatic heterocycles. The van der Waals surface area contributed by atoms with Gasteiger partial charge in [0, 0.05) is 53.6 Å². The van der Waals surface area contributed by atoms with Crippen molar-refractivity contribution in [1.82, 2.24) is 20.2 Å². The summed E-state index contributed by atoms with van der Waals surface area (Å²) >= 11 is 7.89. The molecule has 2 aromatic heterocycles. The first-order valence-corrected chi connectivity index (χ1v) is 13.6. The van der Waals surface area contributed by atoms with Crippen molar-refractivity contribution in [2.24, 2.45) is 0 Å². The average molecular weight is 543 g/mol. The van der Waals surface area contributed by atoms with Crippen LogP contribution >= 0.6 is 22.9 Å². The number of benzene rings is 2. The third-order valence-electron chi connectivity index (χ3n) is 7.26. The fourth-order valence-electron chi connectivity index (χ4n) is 5.22. The molecule has 1 N–H and O–H groups in total. The lowest BCUT2D eigenvalue weighted by Crippen LogP contribution is -2.41. The van der Waals surface area contributed by atoms with Crippen LogP contribution in [-0.4, -0.2) is 41.1 Å². The van der Waals surface area contributed by atoms with Crippen molar-refractivity contribution in [3.05, 3.63) is 76.2 Å². The van der Waals surface area contributed by atoms with Crippen molar-refractivity contribution in [3.63, 3.8) is 0 Å². The first-order chi connectivity index (χ1) is 18.0. The second kappa shape index (κ2) is 11.4. The number of aromatic nitrogens is 2. The van der Waals surface area contributed by atoms with E-state index in [2.05, 4.69) is 26.3 Å². The van der Waals surface area contributed by atoms with Gasteiger partial charge in [-0.15, -0.1) is 11.3 Å². The SMILES string of the molecule is CNC1CCC(N(Cc2cc(-c3cncnc3)ccc2OC)Cc2sc3c(F)ccc(F)c3c2Cl)CC1. The van der Waals surface area contributed by atoms with E-state index in [0.717, 1.165) is 65.1 Å². The summed E-state index contributed by atoms with van der Waals surface area (Å²) in [6.07, 6.45) is 9.26. The van der Waals surface area contributed by atoms with Crippen molar-refractivity contribution in [2.45, 2.75) is 50.9 Å². The minimum atomic E-state index is -0.496. The Morgan fingerprint density at radius 1 is 1.03 bits per heavy atom. The van der Waals surface area contributed by atoms with E-state index >= 15 is 0 Å². The highest BCUT2D eigenvalue weighted by Crippen LogP contribution is 2.40. The van der Waals surface area contributed by atoms with Crippen molar-refractivity contribution in [1.29, 1.82) is 0 Å². The second-order valence-corrected chi connectivity index (χ2v) is 10.9. The molecule has 2 heterocycles. The van der Waals surface area contributed by atoms with Crippen molar-refractivity contribution in [2.75, 3.05) is 14.2 Å². The van der Waals surface area contributed by atoms with Gasteiger partial charge in [0.1, 0.15) is 23.7 Å². The molecule has 1 aliphatic rings. The highest BCUT2D eigenvalue weighted by atomic mass is 35.5. The lowest BCUT2D eigenvalue weighted by atomic mass is 9.89. The summed E-state index contributed by atoms with van der Waals surface area (Å²) in [6.45, 7) is 1.10. The van der Waals surface area contributed by atoms with E-state index in [0.29, 0.717) is 30.2 Å². The Bertz CT molecular complexity index is 1380. The molecule has 0 radical (unpaired) electrons. The quantitative estimate of drug-likeness (QED) is 0.264. The molecular weight excluding hydrogens is 514 g/mol. The van der Waals surface area contributed by atoms with Crippen LogP contribution < -0.4 is 10.1 Å². The van der Waals surface area contributed by atoms with Crippen LogP contribution in [0.2, 0.25) is 5.02 Å². The molecule has 37 heavy (non-hydrogen) atoms. The predicted octanol–water partition coefficient (Wildman–Crippen LogP) is 6.83. The van der Waals surface area contributed by atoms with Gasteiger partial charge < -0.3 is 10.1 Å². The van der Waals surface area contributed by atoms with E-state index < -0.39 is 11.6 Å². The van der Waals surface area contributed by atoms with Gasteiger partial charge in [-0.25, -0.2) is 18.7 Å². The molecule has 5 nitrogen and oxygen atoms in total. The first kappa shape index (κ1) is 26.0. The van der Waals surface area contributed by atoms with Gasteiger partial charge in [0.05, 0.1) is 22.2 Å². The molecule has 0 spiro atoms. The monoisotopic (exact) mass is 542 g/mol. The van der Waals surface area contributed by atoms with Crippen LogP contribution in [0.3, 0.4) is 0 Å². The number of nitrogens with one attached hydrogen (secondary N) is 1. The molecule has 1 aliphatic carbocycles. The molecule has 9 heteroatoms. The average Bonchev–Trinajstić information content (AvgIpc) is 3.27. The zero-order valence-corrected chi connectivity index (χ0v) is 22.4. The minimum absolute atomic E-state index is 0.171. The van der Waals surface area contributed by atoms with Gasteiger partial charge in [-0.1, -0.05) is 17.7 Å². The zero-order chi connectivity index (χ0) is 25.9. The van der Waals surface area contributed by atoms with E-state index in [1.54, 1.807) is 19.5 Å². The Kier molecular flexibility index (Phi) is 8.00. The third-order valence-corrected chi connectivity index (χ3v) is 8.98. The van der Waals surface area contributed by atoms with Gasteiger partial charge in [-0.2, -0.15) is 0 Å². The Hall–Kier alpha value is -2.65. The van der Waals surface area contributed by atoms with Gasteiger partial charge in [-0.05, 0) is 62.6 Å². The molecule has 2 aromatic carbocycles. The largest absolute Gasteiger partial charge is 0.496 e. The van der Waals surface area contributed by atoms with Crippen LogP contribution in [0, 0.1) is 11.6 Å². The third kappa shape index (κ3) is 5.48. The number of thiophene rings is 1. The summed E-state index contributed by atoms with van der Waals surface area (Å²) in [5.74, 6) is -0.159. The highest BCUT2D eigenvalue weighted by molar-refractivity contribution is 7.19. The lowest BCUT2D eigenvalue weighted by molar-refractivity contribution is 0.130. The topological polar surface area (TPSA) is 50.3 Å². The predicted molar refractivity (Wildman–Crippen MR) is 145 cm³/mol. The van der Waals surface area contributed by atoms with Gasteiger partial charge in [0.15, 0.2) is 0 Å². The second-order valence-electron chi connectivity index (χ2n) is 9.43. The standard InChI is InChI=1S/C28H29ClF2N4OS/c1-32-20-4-6-21(7-5-20)35(15-25-27(29)26-22(30)8-9-23(31)28(26)37-25)14-18-11-17(3-10-24(18)36-2)19-12-33-16-34-13-19/h3,8-13,16,20-21,32H,4-7,14-15H2,1-2H3. The number of nitrogens with zero attached hydrogens (tertiary/aromatic N) is 3. The Morgan fingerprint density at radius 2 is 1.76 bits per heavy atom. The number of ether oxygens (including phenoxy) is 1. The highest BCUT2D eigenvalue weighted by Gasteiger charge is 2.28. The Balaban J connectivity index is 1.51. The van der Waals surface area contributed by atoms with Crippen molar-refractivity contribution < 1.29 is 13.5 Å². The van der Waals surface area contributed by atoms with Crippen LogP contribution in [0.15, 0.2) is 49.1 Å². The van der Waals surface area contributed by atoms with E-state index in [9.17, 15) is 8.78 Å². The van der Waals surface area contributed by atoms with Gasteiger partial charge >= 0.3 is 0 Å². The maximum Gasteiger partial charge on any atom is 0.141 e. The summed E-state index contributed by atoms with van der Waals surface area (Å²) in [6, 6.07) is 9.17. The molecule has 0 atom stereocenters. The fraction of sp³-hybridized carbons (Fsp3) is 0.357. The number of halogens is 3. The molecule has 0 amide bonds. The smallest absolute Gasteiger partial charge is 0.141 e. The lowest BCUT2D eigenvalue weighted by Gasteiger charge is -2.37. The van der Waals surface area contributed by atoms with E-state index in [1.165, 1.54) is 17.7 Å². The number of hydrogen-bond donors (Lipinski definition) is 1. The fourth-order valence-corrected chi connectivity index (χ4v) is 6.78. The molecule has 5 rings (SSSR count). The van der Waals surface area contributed by atoms with Crippen molar-refractivity contribution >= 4 is 33.0 Å². The van der Waals surface area contributed by atoms with Crippen molar-refractivity contribution in [3.8, 4) is 16.9 Å². The molecule has 194 valence electrons. The van der Waals surface area contributed by atoms with Crippen LogP contribution in [-0.2, 0) is 13.1 Å². The van der Waals surface area contributed by atoms with E-state index in [4.69, 9.17) is 16.3 Å². The first-order valence-electron chi connectivity index (χ1n) is 12.4. The molecular formula is C28H29ClF2N4OS. The number of rotatable bonds is 8. The molecule has 0 bridgehead atoms. The van der Waals surface area contributed by atoms with Gasteiger partial charge in [0.2, 0.25) is 0 Å². The maximum absolute atomic E-state index is 14.6. The molecule has 4 aromatic rings. The van der Waals surface area contributed by atoms with Crippen LogP contribution in [0.25, 0.3) is 21.2 Å². The molecule has 1 fully saturated rings. The number of fused-ring (bicyclic) bond motifs is 1. The maximum atomic E-state index is 14.6. The number of hydrogen-bond acceptors (Lipinski definition) is 6. The van der Waals surface area contributed by atoms with E-state index in [1.807, 2.05) is 19.2 Å². The zero-order valence-electron chi connectivity index (χ0n) is 20.8. The number of methoxy groups -OCH3 is 1. The normalized spacial score (nSPS) is 18.0. The summed E-state index contributed by atoms with van der Waals surface area (Å²) in [5.41, 5.74) is 2.94. The Labute approximate surface area is 224 Å². The van der Waals surface area contributed by atoms with Crippen LogP contribution in [0.5, 0.6) is 5.75 Å². The van der Waals surface area contributed by atoms with Gasteiger partial charge in [0.25, 0.3) is 0 Å². The molecule has 0 saturated heterocycles. The van der Waals surface area contributed by atoms with Crippen LogP contribution in [0.1, 0.15) is 36.1 Å². The van der Waals surface area contributed by atoms with Gasteiger partial charge in [-0.3, -0.25) is 4.90 Å². The van der Waals surface area contributed by atoms with E-state index in [-0.39, 0.29) is 10.1 Å². The minimum Gasteiger partial charge on any atom is -0.496 e.